The predicted molar refractivity (Wildman–Crippen MR) is 113 cm³/mol. The zero-order valence-corrected chi connectivity index (χ0v) is 17.0. The first-order chi connectivity index (χ1) is 14.0. The molecule has 3 aromatic heterocycles. The van der Waals surface area contributed by atoms with Crippen molar-refractivity contribution in [3.63, 3.8) is 0 Å². The van der Waals surface area contributed by atoms with Crippen LogP contribution >= 0.6 is 11.6 Å². The highest BCUT2D eigenvalue weighted by Crippen LogP contribution is 2.20. The third-order valence-corrected chi connectivity index (χ3v) is 4.93. The number of halogens is 1. The fourth-order valence-corrected chi connectivity index (χ4v) is 3.49. The molecule has 29 heavy (non-hydrogen) atoms. The lowest BCUT2D eigenvalue weighted by Gasteiger charge is -2.10. The smallest absolute Gasteiger partial charge is 0.230 e. The summed E-state index contributed by atoms with van der Waals surface area (Å²) in [7, 11) is 0. The zero-order valence-electron chi connectivity index (χ0n) is 16.2. The summed E-state index contributed by atoms with van der Waals surface area (Å²) in [4.78, 5) is 8.62. The molecule has 0 fully saturated rings. The Morgan fingerprint density at radius 2 is 1.90 bits per heavy atom. The molecule has 0 aliphatic heterocycles. The maximum Gasteiger partial charge on any atom is 0.230 e. The van der Waals surface area contributed by atoms with Gasteiger partial charge in [0.05, 0.1) is 23.5 Å². The van der Waals surface area contributed by atoms with Crippen molar-refractivity contribution < 1.29 is 4.42 Å². The van der Waals surface area contributed by atoms with Crippen LogP contribution in [0, 0.1) is 13.8 Å². The van der Waals surface area contributed by atoms with Crippen LogP contribution in [0.4, 0.5) is 5.82 Å². The van der Waals surface area contributed by atoms with Gasteiger partial charge in [-0.3, -0.25) is 4.98 Å². The number of aromatic nitrogens is 4. The van der Waals surface area contributed by atoms with Gasteiger partial charge in [0.15, 0.2) is 0 Å². The molecule has 0 bridgehead atoms. The highest BCUT2D eigenvalue weighted by atomic mass is 35.5. The van der Waals surface area contributed by atoms with Crippen molar-refractivity contribution >= 4 is 28.3 Å². The van der Waals surface area contributed by atoms with Gasteiger partial charge in [0.2, 0.25) is 11.8 Å². The molecule has 0 atom stereocenters. The highest BCUT2D eigenvalue weighted by molar-refractivity contribution is 6.31. The summed E-state index contributed by atoms with van der Waals surface area (Å²) in [5, 5.41) is 13.2. The van der Waals surface area contributed by atoms with E-state index < -0.39 is 0 Å². The SMILES string of the molecule is Cc1cc(N)nc(C)c1CNCc1nnc(Cc2ccc3ncc(Cl)cc3c2)o1. The molecule has 3 heterocycles. The van der Waals surface area contributed by atoms with E-state index >= 15 is 0 Å². The number of pyridine rings is 2. The van der Waals surface area contributed by atoms with Crippen molar-refractivity contribution in [1.82, 2.24) is 25.5 Å². The van der Waals surface area contributed by atoms with Crippen molar-refractivity contribution in [1.29, 1.82) is 0 Å². The van der Waals surface area contributed by atoms with Crippen molar-refractivity contribution in [2.75, 3.05) is 5.73 Å². The predicted octanol–water partition coefficient (Wildman–Crippen LogP) is 3.75. The first-order valence-corrected chi connectivity index (χ1v) is 9.64. The summed E-state index contributed by atoms with van der Waals surface area (Å²) in [5.74, 6) is 1.65. The highest BCUT2D eigenvalue weighted by Gasteiger charge is 2.10. The third-order valence-electron chi connectivity index (χ3n) is 4.73. The topological polar surface area (TPSA) is 103 Å². The Morgan fingerprint density at radius 3 is 2.72 bits per heavy atom. The molecule has 4 aromatic rings. The van der Waals surface area contributed by atoms with Crippen molar-refractivity contribution in [2.45, 2.75) is 33.4 Å². The summed E-state index contributed by atoms with van der Waals surface area (Å²) in [5.41, 5.74) is 10.9. The second kappa shape index (κ2) is 8.14. The van der Waals surface area contributed by atoms with Crippen LogP contribution < -0.4 is 11.1 Å². The van der Waals surface area contributed by atoms with Gasteiger partial charge in [-0.2, -0.15) is 0 Å². The lowest BCUT2D eigenvalue weighted by atomic mass is 10.1. The second-order valence-electron chi connectivity index (χ2n) is 6.98. The van der Waals surface area contributed by atoms with Crippen LogP contribution in [-0.2, 0) is 19.5 Å². The minimum absolute atomic E-state index is 0.480. The molecule has 0 aliphatic carbocycles. The molecule has 0 saturated heterocycles. The summed E-state index contributed by atoms with van der Waals surface area (Å²) in [6.07, 6.45) is 2.19. The zero-order chi connectivity index (χ0) is 20.4. The Bertz CT molecular complexity index is 1150. The molecule has 8 heteroatoms. The number of rotatable bonds is 6. The van der Waals surface area contributed by atoms with Gasteiger partial charge in [-0.1, -0.05) is 17.7 Å². The first kappa shape index (κ1) is 19.3. The lowest BCUT2D eigenvalue weighted by molar-refractivity contribution is 0.438. The van der Waals surface area contributed by atoms with Crippen molar-refractivity contribution in [2.24, 2.45) is 0 Å². The molecule has 0 aliphatic rings. The van der Waals surface area contributed by atoms with Gasteiger partial charge in [0.1, 0.15) is 5.82 Å². The average molecular weight is 409 g/mol. The van der Waals surface area contributed by atoms with Crippen LogP contribution in [0.1, 0.15) is 34.2 Å². The number of nitrogens with one attached hydrogen (secondary N) is 1. The van der Waals surface area contributed by atoms with Crippen LogP contribution in [-0.4, -0.2) is 20.2 Å². The van der Waals surface area contributed by atoms with Gasteiger partial charge in [0.25, 0.3) is 0 Å². The van der Waals surface area contributed by atoms with Gasteiger partial charge in [-0.05, 0) is 54.8 Å². The van der Waals surface area contributed by atoms with E-state index in [1.807, 2.05) is 44.2 Å². The van der Waals surface area contributed by atoms with Crippen LogP contribution in [0.2, 0.25) is 5.02 Å². The van der Waals surface area contributed by atoms with E-state index in [-0.39, 0.29) is 0 Å². The number of anilines is 1. The van der Waals surface area contributed by atoms with E-state index in [9.17, 15) is 0 Å². The number of nitrogen functional groups attached to an aromatic ring is 1. The van der Waals surface area contributed by atoms with Gasteiger partial charge in [-0.15, -0.1) is 10.2 Å². The minimum atomic E-state index is 0.480. The Kier molecular flexibility index (Phi) is 5.42. The van der Waals surface area contributed by atoms with E-state index in [2.05, 4.69) is 25.5 Å². The summed E-state index contributed by atoms with van der Waals surface area (Å²) in [6.45, 7) is 5.12. The maximum atomic E-state index is 6.03. The molecule has 0 spiro atoms. The van der Waals surface area contributed by atoms with E-state index in [0.717, 1.165) is 33.3 Å². The maximum absolute atomic E-state index is 6.03. The summed E-state index contributed by atoms with van der Waals surface area (Å²) in [6, 6.07) is 9.78. The normalized spacial score (nSPS) is 11.3. The molecular formula is C21H21ClN6O. The Labute approximate surface area is 173 Å². The van der Waals surface area contributed by atoms with Crippen LogP contribution in [0.25, 0.3) is 10.9 Å². The number of nitrogens with two attached hydrogens (primary N) is 1. The summed E-state index contributed by atoms with van der Waals surface area (Å²) >= 11 is 6.03. The monoisotopic (exact) mass is 408 g/mol. The molecule has 0 radical (unpaired) electrons. The standard InChI is InChI=1S/C21H21ClN6O/c1-12-5-19(23)26-13(2)17(12)10-24-11-21-28-27-20(29-21)7-14-3-4-18-15(6-14)8-16(22)9-25-18/h3-6,8-9,24H,7,10-11H2,1-2H3,(H2,23,26). The largest absolute Gasteiger partial charge is 0.424 e. The van der Waals surface area contributed by atoms with Crippen molar-refractivity contribution in [3.05, 3.63) is 75.7 Å². The second-order valence-corrected chi connectivity index (χ2v) is 7.41. The number of fused-ring (bicyclic) bond motifs is 1. The lowest BCUT2D eigenvalue weighted by Crippen LogP contribution is -2.15. The molecular weight excluding hydrogens is 388 g/mol. The average Bonchev–Trinajstić information content (AvgIpc) is 3.10. The van der Waals surface area contributed by atoms with Gasteiger partial charge >= 0.3 is 0 Å². The van der Waals surface area contributed by atoms with E-state index in [1.54, 1.807) is 6.20 Å². The fraction of sp³-hybridized carbons (Fsp3) is 0.238. The molecule has 3 N–H and O–H groups in total. The molecule has 148 valence electrons. The molecule has 0 amide bonds. The van der Waals surface area contributed by atoms with Gasteiger partial charge in [-0.25, -0.2) is 4.98 Å². The Hall–Kier alpha value is -3.03. The number of benzene rings is 1. The Morgan fingerprint density at radius 1 is 1.07 bits per heavy atom. The molecule has 4 rings (SSSR count). The third kappa shape index (κ3) is 4.52. The number of aryl methyl sites for hydroxylation is 2. The van der Waals surface area contributed by atoms with Gasteiger partial charge in [0, 0.05) is 23.8 Å². The van der Waals surface area contributed by atoms with E-state index in [0.29, 0.717) is 42.1 Å². The van der Waals surface area contributed by atoms with Crippen LogP contribution in [0.3, 0.4) is 0 Å². The molecule has 7 nitrogen and oxygen atoms in total. The van der Waals surface area contributed by atoms with E-state index in [4.69, 9.17) is 21.8 Å². The van der Waals surface area contributed by atoms with Crippen molar-refractivity contribution in [3.8, 4) is 0 Å². The van der Waals surface area contributed by atoms with Gasteiger partial charge < -0.3 is 15.5 Å². The number of hydrogen-bond acceptors (Lipinski definition) is 7. The van der Waals surface area contributed by atoms with Crippen LogP contribution in [0.5, 0.6) is 0 Å². The number of nitrogens with zero attached hydrogens (tertiary/aromatic N) is 4. The fourth-order valence-electron chi connectivity index (χ4n) is 3.32. The molecule has 1 aromatic carbocycles. The molecule has 0 saturated carbocycles. The Balaban J connectivity index is 1.39. The summed E-state index contributed by atoms with van der Waals surface area (Å²) < 4.78 is 5.78. The van der Waals surface area contributed by atoms with Crippen LogP contribution in [0.15, 0.2) is 40.9 Å². The first-order valence-electron chi connectivity index (χ1n) is 9.26. The van der Waals surface area contributed by atoms with E-state index in [1.165, 1.54) is 0 Å². The quantitative estimate of drug-likeness (QED) is 0.500. The number of hydrogen-bond donors (Lipinski definition) is 2. The molecule has 0 unspecified atom stereocenters. The minimum Gasteiger partial charge on any atom is -0.424 e.